The van der Waals surface area contributed by atoms with Gasteiger partial charge in [-0.25, -0.2) is 8.42 Å². The summed E-state index contributed by atoms with van der Waals surface area (Å²) in [6, 6.07) is 4.91. The molecule has 1 aromatic carbocycles. The van der Waals surface area contributed by atoms with Crippen molar-refractivity contribution >= 4 is 33.2 Å². The van der Waals surface area contributed by atoms with Crippen LogP contribution in [0.3, 0.4) is 0 Å². The van der Waals surface area contributed by atoms with Crippen LogP contribution in [0.15, 0.2) is 23.1 Å². The van der Waals surface area contributed by atoms with Gasteiger partial charge in [-0.2, -0.15) is 4.31 Å². The summed E-state index contributed by atoms with van der Waals surface area (Å²) in [6.07, 6.45) is 2.60. The average Bonchev–Trinajstić information content (AvgIpc) is 3.32. The molecule has 10 heteroatoms. The van der Waals surface area contributed by atoms with Gasteiger partial charge in [0.05, 0.1) is 29.5 Å². The number of fused-ring (bicyclic) bond motifs is 3. The summed E-state index contributed by atoms with van der Waals surface area (Å²) >= 11 is 0. The lowest BCUT2D eigenvalue weighted by atomic mass is 10.1. The number of sulfonamides is 1. The predicted octanol–water partition coefficient (Wildman–Crippen LogP) is 1.67. The monoisotopic (exact) mass is 478 g/mol. The number of anilines is 2. The fourth-order valence-corrected chi connectivity index (χ4v) is 6.51. The first-order valence-electron chi connectivity index (χ1n) is 12.0. The Bertz CT molecular complexity index is 989. The summed E-state index contributed by atoms with van der Waals surface area (Å²) < 4.78 is 33.0. The molecular weight excluding hydrogens is 444 g/mol. The molecule has 0 saturated carbocycles. The normalized spacial score (nSPS) is 20.9. The van der Waals surface area contributed by atoms with E-state index in [1.807, 2.05) is 24.8 Å². The molecule has 0 aliphatic carbocycles. The van der Waals surface area contributed by atoms with E-state index in [1.54, 1.807) is 17.0 Å². The van der Waals surface area contributed by atoms with Crippen LogP contribution in [0.5, 0.6) is 0 Å². The molecule has 2 saturated heterocycles. The highest BCUT2D eigenvalue weighted by Crippen LogP contribution is 2.41. The van der Waals surface area contributed by atoms with E-state index in [4.69, 9.17) is 4.74 Å². The summed E-state index contributed by atoms with van der Waals surface area (Å²) in [5.41, 5.74) is 1.53. The Kier molecular flexibility index (Phi) is 7.25. The number of amides is 2. The molecule has 182 valence electrons. The number of hydrogen-bond donors (Lipinski definition) is 0. The number of nitrogens with zero attached hydrogens (tertiary/aromatic N) is 4. The first kappa shape index (κ1) is 24.0. The molecular formula is C23H34N4O5S. The van der Waals surface area contributed by atoms with Gasteiger partial charge in [0.15, 0.2) is 0 Å². The molecule has 4 rings (SSSR count). The second-order valence-corrected chi connectivity index (χ2v) is 10.6. The Labute approximate surface area is 196 Å². The van der Waals surface area contributed by atoms with E-state index in [1.165, 1.54) is 4.31 Å². The highest BCUT2D eigenvalue weighted by molar-refractivity contribution is 7.89. The molecule has 0 spiro atoms. The number of ether oxygens (including phenoxy) is 1. The van der Waals surface area contributed by atoms with Gasteiger partial charge >= 0.3 is 0 Å². The van der Waals surface area contributed by atoms with Crippen LogP contribution in [0.1, 0.15) is 39.5 Å². The number of hydrogen-bond acceptors (Lipinski definition) is 6. The zero-order valence-electron chi connectivity index (χ0n) is 19.5. The highest BCUT2D eigenvalue weighted by atomic mass is 32.2. The highest BCUT2D eigenvalue weighted by Gasteiger charge is 2.41. The second-order valence-electron chi connectivity index (χ2n) is 8.68. The summed E-state index contributed by atoms with van der Waals surface area (Å²) in [7, 11) is -3.64. The maximum absolute atomic E-state index is 13.4. The zero-order valence-corrected chi connectivity index (χ0v) is 20.3. The molecule has 1 atom stereocenters. The van der Waals surface area contributed by atoms with Crippen LogP contribution in [-0.4, -0.2) is 88.0 Å². The van der Waals surface area contributed by atoms with Crippen molar-refractivity contribution in [2.45, 2.75) is 50.5 Å². The van der Waals surface area contributed by atoms with Gasteiger partial charge in [0.2, 0.25) is 21.8 Å². The van der Waals surface area contributed by atoms with Crippen LogP contribution < -0.4 is 9.80 Å². The first-order valence-corrected chi connectivity index (χ1v) is 13.4. The van der Waals surface area contributed by atoms with Gasteiger partial charge in [0, 0.05) is 45.7 Å². The number of rotatable bonds is 8. The number of benzene rings is 1. The summed E-state index contributed by atoms with van der Waals surface area (Å²) in [5.74, 6) is 0.0690. The van der Waals surface area contributed by atoms with E-state index < -0.39 is 10.0 Å². The third-order valence-corrected chi connectivity index (χ3v) is 8.88. The molecule has 33 heavy (non-hydrogen) atoms. The SMILES string of the molecule is CCN(CC)S(=O)(=O)c1ccc2c(c1)N(CCCC(=O)N1CCOCC1)C(=O)C1CCCN21. The molecule has 2 amide bonds. The van der Waals surface area contributed by atoms with E-state index in [9.17, 15) is 18.0 Å². The van der Waals surface area contributed by atoms with E-state index >= 15 is 0 Å². The van der Waals surface area contributed by atoms with Crippen molar-refractivity contribution in [3.8, 4) is 0 Å². The molecule has 1 aromatic rings. The average molecular weight is 479 g/mol. The molecule has 3 heterocycles. The third-order valence-electron chi connectivity index (χ3n) is 6.83. The maximum atomic E-state index is 13.4. The number of carbonyl (C=O) groups excluding carboxylic acids is 2. The van der Waals surface area contributed by atoms with Crippen molar-refractivity contribution in [1.29, 1.82) is 0 Å². The Hall–Kier alpha value is -2.17. The van der Waals surface area contributed by atoms with Crippen LogP contribution in [0.4, 0.5) is 11.4 Å². The molecule has 0 aromatic heterocycles. The fourth-order valence-electron chi connectivity index (χ4n) is 5.04. The molecule has 2 fully saturated rings. The lowest BCUT2D eigenvalue weighted by Gasteiger charge is -2.40. The summed E-state index contributed by atoms with van der Waals surface area (Å²) in [5, 5.41) is 0. The van der Waals surface area contributed by atoms with Crippen LogP contribution in [0.25, 0.3) is 0 Å². The van der Waals surface area contributed by atoms with E-state index in [-0.39, 0.29) is 22.8 Å². The molecule has 1 unspecified atom stereocenters. The fraction of sp³-hybridized carbons (Fsp3) is 0.652. The maximum Gasteiger partial charge on any atom is 0.249 e. The Balaban J connectivity index is 1.58. The Morgan fingerprint density at radius 1 is 1.12 bits per heavy atom. The van der Waals surface area contributed by atoms with E-state index in [2.05, 4.69) is 4.90 Å². The second kappa shape index (κ2) is 9.99. The van der Waals surface area contributed by atoms with Gasteiger partial charge < -0.3 is 19.4 Å². The number of morpholine rings is 1. The van der Waals surface area contributed by atoms with Gasteiger partial charge in [-0.05, 0) is 37.5 Å². The number of carbonyl (C=O) groups is 2. The summed E-state index contributed by atoms with van der Waals surface area (Å²) in [6.45, 7) is 7.91. The smallest absolute Gasteiger partial charge is 0.249 e. The van der Waals surface area contributed by atoms with Gasteiger partial charge in [0.25, 0.3) is 0 Å². The van der Waals surface area contributed by atoms with Gasteiger partial charge in [0.1, 0.15) is 6.04 Å². The molecule has 0 bridgehead atoms. The van der Waals surface area contributed by atoms with Gasteiger partial charge in [-0.3, -0.25) is 9.59 Å². The molecule has 9 nitrogen and oxygen atoms in total. The molecule has 3 aliphatic rings. The van der Waals surface area contributed by atoms with Crippen molar-refractivity contribution in [2.24, 2.45) is 0 Å². The van der Waals surface area contributed by atoms with Gasteiger partial charge in [-0.1, -0.05) is 13.8 Å². The van der Waals surface area contributed by atoms with E-state index in [0.29, 0.717) is 64.5 Å². The van der Waals surface area contributed by atoms with Crippen molar-refractivity contribution in [1.82, 2.24) is 9.21 Å². The Morgan fingerprint density at radius 3 is 2.55 bits per heavy atom. The minimum absolute atomic E-state index is 0.00351. The molecule has 0 N–H and O–H groups in total. The van der Waals surface area contributed by atoms with Crippen LogP contribution in [0.2, 0.25) is 0 Å². The van der Waals surface area contributed by atoms with Crippen LogP contribution in [0, 0.1) is 0 Å². The van der Waals surface area contributed by atoms with Crippen molar-refractivity contribution in [2.75, 3.05) is 62.3 Å². The van der Waals surface area contributed by atoms with Crippen molar-refractivity contribution < 1.29 is 22.7 Å². The predicted molar refractivity (Wildman–Crippen MR) is 126 cm³/mol. The van der Waals surface area contributed by atoms with Gasteiger partial charge in [-0.15, -0.1) is 0 Å². The van der Waals surface area contributed by atoms with Crippen molar-refractivity contribution in [3.05, 3.63) is 18.2 Å². The lowest BCUT2D eigenvalue weighted by Crippen LogP contribution is -2.51. The van der Waals surface area contributed by atoms with Crippen LogP contribution in [-0.2, 0) is 24.3 Å². The Morgan fingerprint density at radius 2 is 1.85 bits per heavy atom. The zero-order chi connectivity index (χ0) is 23.6. The van der Waals surface area contributed by atoms with E-state index in [0.717, 1.165) is 25.1 Å². The molecule has 3 aliphatic heterocycles. The minimum Gasteiger partial charge on any atom is -0.378 e. The minimum atomic E-state index is -3.64. The lowest BCUT2D eigenvalue weighted by molar-refractivity contribution is -0.135. The molecule has 0 radical (unpaired) electrons. The standard InChI is InChI=1S/C23H34N4O5S/c1-3-25(4-2)33(30,31)18-9-10-19-21(17-18)27(23(29)20-7-5-11-26(19)20)12-6-8-22(28)24-13-15-32-16-14-24/h9-10,17,20H,3-8,11-16H2,1-2H3. The largest absolute Gasteiger partial charge is 0.378 e. The quantitative estimate of drug-likeness (QED) is 0.565. The van der Waals surface area contributed by atoms with Crippen LogP contribution >= 0.6 is 0 Å². The first-order chi connectivity index (χ1) is 15.9. The summed E-state index contributed by atoms with van der Waals surface area (Å²) in [4.78, 5) is 31.7. The third kappa shape index (κ3) is 4.61. The topological polar surface area (TPSA) is 90.5 Å². The van der Waals surface area contributed by atoms with Crippen molar-refractivity contribution in [3.63, 3.8) is 0 Å².